The van der Waals surface area contributed by atoms with Crippen LogP contribution in [0.4, 0.5) is 4.79 Å². The van der Waals surface area contributed by atoms with Crippen LogP contribution in [0.3, 0.4) is 0 Å². The zero-order chi connectivity index (χ0) is 16.7. The number of rotatable bonds is 3. The Hall–Kier alpha value is -1.79. The van der Waals surface area contributed by atoms with E-state index < -0.39 is 11.6 Å². The van der Waals surface area contributed by atoms with Gasteiger partial charge in [-0.05, 0) is 26.7 Å². The van der Waals surface area contributed by atoms with Crippen LogP contribution in [0.5, 0.6) is 5.75 Å². The molecule has 122 valence electrons. The molecule has 0 amide bonds. The van der Waals surface area contributed by atoms with Crippen molar-refractivity contribution in [2.45, 2.75) is 32.7 Å². The maximum Gasteiger partial charge on any atom is 0.514 e. The summed E-state index contributed by atoms with van der Waals surface area (Å²) in [7, 11) is 0. The lowest BCUT2D eigenvalue weighted by Gasteiger charge is -2.15. The van der Waals surface area contributed by atoms with Gasteiger partial charge in [-0.1, -0.05) is 23.2 Å². The first-order chi connectivity index (χ1) is 10.9. The number of ether oxygens (including phenoxy) is 2. The van der Waals surface area contributed by atoms with Crippen molar-refractivity contribution in [3.05, 3.63) is 32.3 Å². The number of carbonyl (C=O) groups is 1. The molecule has 0 aromatic carbocycles. The van der Waals surface area contributed by atoms with Gasteiger partial charge in [-0.25, -0.2) is 9.78 Å². The average molecular weight is 357 g/mol. The van der Waals surface area contributed by atoms with Crippen LogP contribution in [-0.4, -0.2) is 22.3 Å². The van der Waals surface area contributed by atoms with Crippen LogP contribution < -0.4 is 10.2 Å². The van der Waals surface area contributed by atoms with E-state index in [4.69, 9.17) is 32.7 Å². The number of fused-ring (bicyclic) bond motifs is 1. The summed E-state index contributed by atoms with van der Waals surface area (Å²) in [5.41, 5.74) is 0.490. The number of aryl methyl sites for hydroxylation is 1. The molecule has 2 heterocycles. The van der Waals surface area contributed by atoms with Gasteiger partial charge in [0.05, 0.1) is 29.4 Å². The van der Waals surface area contributed by atoms with E-state index in [9.17, 15) is 9.59 Å². The number of aromatic nitrogens is 2. The van der Waals surface area contributed by atoms with Gasteiger partial charge >= 0.3 is 6.16 Å². The summed E-state index contributed by atoms with van der Waals surface area (Å²) in [4.78, 5) is 28.3. The first kappa shape index (κ1) is 16.1. The van der Waals surface area contributed by atoms with Gasteiger partial charge in [0.2, 0.25) is 5.43 Å². The summed E-state index contributed by atoms with van der Waals surface area (Å²) in [5.74, 6) is -0.105. The molecule has 1 saturated carbocycles. The van der Waals surface area contributed by atoms with Crippen molar-refractivity contribution in [3.8, 4) is 5.75 Å². The maximum atomic E-state index is 12.7. The maximum absolute atomic E-state index is 12.7. The highest BCUT2D eigenvalue weighted by molar-refractivity contribution is 6.44. The molecule has 6 nitrogen and oxygen atoms in total. The van der Waals surface area contributed by atoms with Crippen molar-refractivity contribution >= 4 is 40.3 Å². The van der Waals surface area contributed by atoms with Gasteiger partial charge in [0.25, 0.3) is 0 Å². The summed E-state index contributed by atoms with van der Waals surface area (Å²) < 4.78 is 11.6. The van der Waals surface area contributed by atoms with Crippen molar-refractivity contribution < 1.29 is 14.3 Å². The summed E-state index contributed by atoms with van der Waals surface area (Å²) in [6.45, 7) is 3.47. The topological polar surface area (TPSA) is 70.4 Å². The Bertz CT molecular complexity index is 859. The zero-order valence-electron chi connectivity index (χ0n) is 12.6. The van der Waals surface area contributed by atoms with E-state index in [1.807, 2.05) is 4.57 Å². The van der Waals surface area contributed by atoms with Crippen LogP contribution in [0.1, 0.15) is 31.5 Å². The number of hydrogen-bond acceptors (Lipinski definition) is 5. The van der Waals surface area contributed by atoms with Crippen molar-refractivity contribution in [1.29, 1.82) is 0 Å². The summed E-state index contributed by atoms with van der Waals surface area (Å²) >= 11 is 12.3. The van der Waals surface area contributed by atoms with Gasteiger partial charge in [0.15, 0.2) is 5.75 Å². The summed E-state index contributed by atoms with van der Waals surface area (Å²) in [5, 5.41) is 0.663. The Morgan fingerprint density at radius 1 is 1.43 bits per heavy atom. The minimum Gasteiger partial charge on any atom is -0.434 e. The van der Waals surface area contributed by atoms with Crippen LogP contribution in [0.25, 0.3) is 10.9 Å². The molecule has 8 heteroatoms. The molecule has 0 radical (unpaired) electrons. The van der Waals surface area contributed by atoms with Gasteiger partial charge in [0, 0.05) is 6.04 Å². The molecule has 3 rings (SSSR count). The Morgan fingerprint density at radius 3 is 2.74 bits per heavy atom. The lowest BCUT2D eigenvalue weighted by atomic mass is 10.2. The van der Waals surface area contributed by atoms with Crippen LogP contribution in [0.2, 0.25) is 10.2 Å². The third-order valence-corrected chi connectivity index (χ3v) is 4.34. The Balaban J connectivity index is 2.27. The van der Waals surface area contributed by atoms with E-state index in [0.717, 1.165) is 12.8 Å². The lowest BCUT2D eigenvalue weighted by Crippen LogP contribution is -2.19. The van der Waals surface area contributed by atoms with Crippen molar-refractivity contribution in [2.24, 2.45) is 0 Å². The molecular formula is C15H14Cl2N2O4. The number of halogens is 2. The second-order valence-corrected chi connectivity index (χ2v) is 6.01. The van der Waals surface area contributed by atoms with Crippen LogP contribution in [0.15, 0.2) is 11.0 Å². The fourth-order valence-corrected chi connectivity index (χ4v) is 2.92. The Labute approximate surface area is 141 Å². The molecule has 2 aromatic heterocycles. The van der Waals surface area contributed by atoms with Crippen LogP contribution >= 0.6 is 23.2 Å². The highest BCUT2D eigenvalue weighted by atomic mass is 35.5. The van der Waals surface area contributed by atoms with E-state index >= 15 is 0 Å². The Morgan fingerprint density at radius 2 is 2.13 bits per heavy atom. The smallest absolute Gasteiger partial charge is 0.434 e. The molecule has 2 aromatic rings. The SMILES string of the molecule is CCOC(=O)Oc1cn(C2CC2)c2c(Cl)c(Cl)nc(C)c2c1=O. The summed E-state index contributed by atoms with van der Waals surface area (Å²) in [6, 6.07) is 0.193. The van der Waals surface area contributed by atoms with Crippen LogP contribution in [0, 0.1) is 6.92 Å². The number of hydrogen-bond donors (Lipinski definition) is 0. The molecule has 0 N–H and O–H groups in total. The fraction of sp³-hybridized carbons (Fsp3) is 0.400. The molecule has 0 spiro atoms. The minimum atomic E-state index is -0.919. The minimum absolute atomic E-state index is 0.105. The molecular weight excluding hydrogens is 343 g/mol. The largest absolute Gasteiger partial charge is 0.514 e. The first-order valence-corrected chi connectivity index (χ1v) is 7.94. The number of pyridine rings is 2. The monoisotopic (exact) mass is 356 g/mol. The van der Waals surface area contributed by atoms with E-state index in [2.05, 4.69) is 4.98 Å². The quantitative estimate of drug-likeness (QED) is 0.616. The molecule has 0 unspecified atom stereocenters. The fourth-order valence-electron chi connectivity index (χ4n) is 2.47. The molecule has 0 aliphatic heterocycles. The van der Waals surface area contributed by atoms with Gasteiger partial charge in [-0.2, -0.15) is 0 Å². The zero-order valence-corrected chi connectivity index (χ0v) is 14.1. The molecule has 1 fully saturated rings. The third kappa shape index (κ3) is 2.88. The van der Waals surface area contributed by atoms with E-state index in [1.165, 1.54) is 6.20 Å². The molecule has 0 atom stereocenters. The van der Waals surface area contributed by atoms with Gasteiger partial charge in [0.1, 0.15) is 10.2 Å². The second-order valence-electron chi connectivity index (χ2n) is 5.27. The summed E-state index contributed by atoms with van der Waals surface area (Å²) in [6.07, 6.45) is 2.47. The van der Waals surface area contributed by atoms with E-state index in [0.29, 0.717) is 16.6 Å². The lowest BCUT2D eigenvalue weighted by molar-refractivity contribution is 0.104. The van der Waals surface area contributed by atoms with Crippen molar-refractivity contribution in [3.63, 3.8) is 0 Å². The normalized spacial score (nSPS) is 14.1. The van der Waals surface area contributed by atoms with Gasteiger partial charge in [-0.3, -0.25) is 4.79 Å². The average Bonchev–Trinajstić information content (AvgIpc) is 3.31. The highest BCUT2D eigenvalue weighted by Crippen LogP contribution is 2.40. The van der Waals surface area contributed by atoms with Crippen molar-refractivity contribution in [2.75, 3.05) is 6.61 Å². The predicted octanol–water partition coefficient (Wildman–Crippen LogP) is 3.88. The van der Waals surface area contributed by atoms with Gasteiger partial charge < -0.3 is 14.0 Å². The van der Waals surface area contributed by atoms with Crippen LogP contribution in [-0.2, 0) is 4.74 Å². The molecule has 23 heavy (non-hydrogen) atoms. The first-order valence-electron chi connectivity index (χ1n) is 7.19. The standard InChI is InChI=1S/C15H14Cl2N2O4/c1-3-22-15(21)23-9-6-19(8-4-5-8)12-10(13(9)20)7(2)18-14(17)11(12)16/h6,8H,3-5H2,1-2H3. The van der Waals surface area contributed by atoms with Gasteiger partial charge in [-0.15, -0.1) is 0 Å². The number of nitrogens with zero attached hydrogens (tertiary/aromatic N) is 2. The van der Waals surface area contributed by atoms with E-state index in [1.54, 1.807) is 13.8 Å². The van der Waals surface area contributed by atoms with E-state index in [-0.39, 0.29) is 28.6 Å². The molecule has 1 aliphatic rings. The molecule has 1 aliphatic carbocycles. The third-order valence-electron chi connectivity index (χ3n) is 3.61. The predicted molar refractivity (Wildman–Crippen MR) is 86.7 cm³/mol. The molecule has 0 bridgehead atoms. The van der Waals surface area contributed by atoms with Crippen molar-refractivity contribution in [1.82, 2.24) is 9.55 Å². The second kappa shape index (κ2) is 6.02. The Kier molecular flexibility index (Phi) is 4.21. The highest BCUT2D eigenvalue weighted by Gasteiger charge is 2.29. The number of carbonyl (C=O) groups excluding carboxylic acids is 1. The molecule has 0 saturated heterocycles.